The molecule has 0 amide bonds. The van der Waals surface area contributed by atoms with Gasteiger partial charge in [0.1, 0.15) is 17.7 Å². The molecule has 0 unspecified atom stereocenters. The molecule has 0 spiro atoms. The van der Waals surface area contributed by atoms with Crippen LogP contribution in [0.25, 0.3) is 10.8 Å². The van der Waals surface area contributed by atoms with Gasteiger partial charge in [0.25, 0.3) is 0 Å². The summed E-state index contributed by atoms with van der Waals surface area (Å²) in [5.74, 6) is 1.45. The molecule has 1 aliphatic heterocycles. The minimum Gasteiger partial charge on any atom is -0.490 e. The van der Waals surface area contributed by atoms with Gasteiger partial charge in [0.15, 0.2) is 0 Å². The summed E-state index contributed by atoms with van der Waals surface area (Å²) in [6, 6.07) is 13.9. The van der Waals surface area contributed by atoms with Crippen LogP contribution >= 0.6 is 11.8 Å². The summed E-state index contributed by atoms with van der Waals surface area (Å²) in [4.78, 5) is 4.53. The molecule has 4 rings (SSSR count). The molecule has 0 bridgehead atoms. The van der Waals surface area contributed by atoms with Gasteiger partial charge in [0, 0.05) is 22.2 Å². The first kappa shape index (κ1) is 19.8. The summed E-state index contributed by atoms with van der Waals surface area (Å²) in [5, 5.41) is 8.43. The van der Waals surface area contributed by atoms with Gasteiger partial charge in [-0.15, -0.1) is 0 Å². The third-order valence-corrected chi connectivity index (χ3v) is 5.38. The van der Waals surface area contributed by atoms with Crippen molar-refractivity contribution in [2.75, 3.05) is 18.4 Å². The van der Waals surface area contributed by atoms with E-state index in [-0.39, 0.29) is 22.8 Å². The van der Waals surface area contributed by atoms with Crippen LogP contribution in [-0.2, 0) is 0 Å². The van der Waals surface area contributed by atoms with Crippen LogP contribution in [0.3, 0.4) is 0 Å². The number of benzene rings is 2. The molecule has 3 aromatic rings. The third-order valence-electron chi connectivity index (χ3n) is 4.64. The first-order valence-corrected chi connectivity index (χ1v) is 10.2. The average molecular weight is 419 g/mol. The number of pyridine rings is 1. The van der Waals surface area contributed by atoms with E-state index in [0.29, 0.717) is 11.5 Å². The number of halogens is 3. The molecule has 1 saturated heterocycles. The number of rotatable bonds is 5. The largest absolute Gasteiger partial charge is 0.490 e. The van der Waals surface area contributed by atoms with Crippen molar-refractivity contribution in [2.24, 2.45) is 0 Å². The van der Waals surface area contributed by atoms with Crippen molar-refractivity contribution in [3.63, 3.8) is 0 Å². The van der Waals surface area contributed by atoms with Gasteiger partial charge >= 0.3 is 5.51 Å². The second-order valence-electron chi connectivity index (χ2n) is 6.84. The van der Waals surface area contributed by atoms with Crippen LogP contribution in [0, 0.1) is 0 Å². The van der Waals surface area contributed by atoms with Gasteiger partial charge in [-0.3, -0.25) is 0 Å². The normalized spacial score (nSPS) is 15.4. The van der Waals surface area contributed by atoms with Gasteiger partial charge < -0.3 is 15.4 Å². The summed E-state index contributed by atoms with van der Waals surface area (Å²) in [5.41, 5.74) is -3.62. The van der Waals surface area contributed by atoms with E-state index < -0.39 is 5.51 Å². The number of thioether (sulfide) groups is 1. The topological polar surface area (TPSA) is 46.2 Å². The Labute approximate surface area is 170 Å². The summed E-state index contributed by atoms with van der Waals surface area (Å²) < 4.78 is 43.4. The maximum absolute atomic E-state index is 12.4. The predicted octanol–water partition coefficient (Wildman–Crippen LogP) is 5.72. The predicted molar refractivity (Wildman–Crippen MR) is 110 cm³/mol. The zero-order chi connectivity index (χ0) is 20.3. The molecule has 152 valence electrons. The summed E-state index contributed by atoms with van der Waals surface area (Å²) >= 11 is -0.128. The highest BCUT2D eigenvalue weighted by molar-refractivity contribution is 8.00. The van der Waals surface area contributed by atoms with Gasteiger partial charge in [-0.05, 0) is 91.6 Å². The van der Waals surface area contributed by atoms with Gasteiger partial charge in [0.05, 0.1) is 0 Å². The first-order chi connectivity index (χ1) is 13.9. The van der Waals surface area contributed by atoms with Gasteiger partial charge in [-0.25, -0.2) is 4.98 Å². The molecule has 1 fully saturated rings. The molecule has 1 aromatic heterocycles. The fourth-order valence-electron chi connectivity index (χ4n) is 3.25. The molecule has 4 nitrogen and oxygen atoms in total. The Morgan fingerprint density at radius 2 is 1.76 bits per heavy atom. The van der Waals surface area contributed by atoms with Crippen LogP contribution in [0.1, 0.15) is 12.8 Å². The van der Waals surface area contributed by atoms with Crippen molar-refractivity contribution in [3.05, 3.63) is 54.7 Å². The Kier molecular flexibility index (Phi) is 5.82. The highest BCUT2D eigenvalue weighted by Gasteiger charge is 2.29. The van der Waals surface area contributed by atoms with Gasteiger partial charge in [-0.1, -0.05) is 0 Å². The molecular weight excluding hydrogens is 399 g/mol. The van der Waals surface area contributed by atoms with Crippen LogP contribution in [0.4, 0.5) is 24.7 Å². The first-order valence-electron chi connectivity index (χ1n) is 9.35. The fraction of sp³-hybridized carbons (Fsp3) is 0.286. The lowest BCUT2D eigenvalue weighted by Gasteiger charge is -2.24. The van der Waals surface area contributed by atoms with Crippen LogP contribution in [0.15, 0.2) is 59.6 Å². The van der Waals surface area contributed by atoms with Gasteiger partial charge in [0.2, 0.25) is 0 Å². The molecule has 0 aliphatic carbocycles. The van der Waals surface area contributed by atoms with E-state index in [9.17, 15) is 13.2 Å². The Bertz CT molecular complexity index is 973. The number of anilines is 2. The summed E-state index contributed by atoms with van der Waals surface area (Å²) in [6.07, 6.45) is 3.97. The minimum atomic E-state index is -4.29. The van der Waals surface area contributed by atoms with Crippen LogP contribution in [-0.4, -0.2) is 29.7 Å². The number of hydrogen-bond acceptors (Lipinski definition) is 5. The number of fused-ring (bicyclic) bond motifs is 1. The van der Waals surface area contributed by atoms with E-state index in [4.69, 9.17) is 4.74 Å². The second-order valence-corrected chi connectivity index (χ2v) is 7.98. The maximum atomic E-state index is 12.4. The highest BCUT2D eigenvalue weighted by atomic mass is 32.2. The molecular formula is C21H20F3N3OS. The van der Waals surface area contributed by atoms with E-state index in [1.165, 1.54) is 12.1 Å². The van der Waals surface area contributed by atoms with Crippen molar-refractivity contribution in [2.45, 2.75) is 29.3 Å². The zero-order valence-corrected chi connectivity index (χ0v) is 16.3. The van der Waals surface area contributed by atoms with E-state index in [1.54, 1.807) is 18.3 Å². The molecule has 2 aromatic carbocycles. The van der Waals surface area contributed by atoms with Crippen molar-refractivity contribution in [1.29, 1.82) is 0 Å². The number of piperidine rings is 1. The molecule has 2 N–H and O–H groups in total. The monoisotopic (exact) mass is 419 g/mol. The Hall–Kier alpha value is -2.45. The summed E-state index contributed by atoms with van der Waals surface area (Å²) in [6.45, 7) is 1.94. The number of alkyl halides is 3. The molecule has 8 heteroatoms. The standard InChI is InChI=1S/C21H20F3N3OS/c22-21(23,24)29-19-5-2-16(3-6-19)27-20-12-15-11-18(4-1-14(15)13-26-20)28-17-7-9-25-10-8-17/h1-6,11-13,17,25H,7-10H2,(H,26,27). The quantitative estimate of drug-likeness (QED) is 0.518. The van der Waals surface area contributed by atoms with E-state index in [1.807, 2.05) is 24.3 Å². The number of aromatic nitrogens is 1. The molecule has 2 heterocycles. The van der Waals surface area contributed by atoms with E-state index >= 15 is 0 Å². The lowest BCUT2D eigenvalue weighted by Crippen LogP contribution is -2.34. The number of nitrogens with one attached hydrogen (secondary N) is 2. The number of nitrogens with zero attached hydrogens (tertiary/aromatic N) is 1. The molecule has 0 atom stereocenters. The van der Waals surface area contributed by atoms with Crippen LogP contribution in [0.5, 0.6) is 5.75 Å². The van der Waals surface area contributed by atoms with Crippen molar-refractivity contribution in [3.8, 4) is 5.75 Å². The molecule has 0 radical (unpaired) electrons. The third kappa shape index (κ3) is 5.55. The Balaban J connectivity index is 1.47. The van der Waals surface area contributed by atoms with E-state index in [2.05, 4.69) is 15.6 Å². The zero-order valence-electron chi connectivity index (χ0n) is 15.5. The Morgan fingerprint density at radius 1 is 1.00 bits per heavy atom. The van der Waals surface area contributed by atoms with Gasteiger partial charge in [-0.2, -0.15) is 13.2 Å². The lowest BCUT2D eigenvalue weighted by atomic mass is 10.1. The Morgan fingerprint density at radius 3 is 2.48 bits per heavy atom. The highest BCUT2D eigenvalue weighted by Crippen LogP contribution is 2.37. The minimum absolute atomic E-state index is 0.128. The average Bonchev–Trinajstić information content (AvgIpc) is 2.69. The lowest BCUT2D eigenvalue weighted by molar-refractivity contribution is -0.0328. The smallest absolute Gasteiger partial charge is 0.446 e. The SMILES string of the molecule is FC(F)(F)Sc1ccc(Nc2cc3cc(OC4CCNCC4)ccc3cn2)cc1. The van der Waals surface area contributed by atoms with Crippen LogP contribution in [0.2, 0.25) is 0 Å². The second kappa shape index (κ2) is 8.51. The van der Waals surface area contributed by atoms with Crippen LogP contribution < -0.4 is 15.4 Å². The molecule has 0 saturated carbocycles. The van der Waals surface area contributed by atoms with Crippen molar-refractivity contribution < 1.29 is 17.9 Å². The number of ether oxygens (including phenoxy) is 1. The fourth-order valence-corrected chi connectivity index (χ4v) is 3.79. The maximum Gasteiger partial charge on any atom is 0.446 e. The van der Waals surface area contributed by atoms with Crippen molar-refractivity contribution in [1.82, 2.24) is 10.3 Å². The van der Waals surface area contributed by atoms with Crippen molar-refractivity contribution >= 4 is 34.0 Å². The molecule has 29 heavy (non-hydrogen) atoms. The van der Waals surface area contributed by atoms with E-state index in [0.717, 1.165) is 42.5 Å². The summed E-state index contributed by atoms with van der Waals surface area (Å²) in [7, 11) is 0. The number of hydrogen-bond donors (Lipinski definition) is 2. The molecule has 1 aliphatic rings.